The fourth-order valence-corrected chi connectivity index (χ4v) is 4.96. The van der Waals surface area contributed by atoms with E-state index in [-0.39, 0.29) is 11.9 Å². The van der Waals surface area contributed by atoms with Gasteiger partial charge in [-0.15, -0.1) is 0 Å². The zero-order valence-corrected chi connectivity index (χ0v) is 22.9. The molecule has 1 atom stereocenters. The minimum atomic E-state index is -0.195. The minimum absolute atomic E-state index is 0.181. The molecule has 2 aromatic carbocycles. The molecule has 1 fully saturated rings. The molecule has 39 heavy (non-hydrogen) atoms. The third-order valence-corrected chi connectivity index (χ3v) is 7.53. The third kappa shape index (κ3) is 5.79. The fourth-order valence-electron chi connectivity index (χ4n) is 4.96. The molecule has 4 aromatic rings. The summed E-state index contributed by atoms with van der Waals surface area (Å²) in [4.78, 5) is 36.2. The largest absolute Gasteiger partial charge is 0.344 e. The quantitative estimate of drug-likeness (QED) is 0.389. The van der Waals surface area contributed by atoms with Gasteiger partial charge in [0.15, 0.2) is 0 Å². The lowest BCUT2D eigenvalue weighted by atomic mass is 10.1. The van der Waals surface area contributed by atoms with Crippen LogP contribution in [0.15, 0.2) is 73.1 Å². The first kappa shape index (κ1) is 26.4. The lowest BCUT2D eigenvalue weighted by Gasteiger charge is -2.37. The molecular weight excluding hydrogens is 490 g/mol. The summed E-state index contributed by atoms with van der Waals surface area (Å²) in [7, 11) is 5.74. The van der Waals surface area contributed by atoms with Crippen LogP contribution in [0.4, 0.5) is 22.0 Å². The van der Waals surface area contributed by atoms with Crippen LogP contribution in [-0.4, -0.2) is 78.1 Å². The van der Waals surface area contributed by atoms with E-state index < -0.39 is 0 Å². The Morgan fingerprint density at radius 2 is 1.79 bits per heavy atom. The predicted molar refractivity (Wildman–Crippen MR) is 156 cm³/mol. The van der Waals surface area contributed by atoms with Crippen LogP contribution in [0.2, 0.25) is 0 Å². The number of likely N-dealkylation sites (N-methyl/N-ethyl adjacent to an activating group) is 1. The summed E-state index contributed by atoms with van der Waals surface area (Å²) < 4.78 is 1.58. The molecule has 3 heterocycles. The van der Waals surface area contributed by atoms with Crippen molar-refractivity contribution >= 4 is 40.0 Å². The number of amides is 2. The van der Waals surface area contributed by atoms with Gasteiger partial charge in [0.05, 0.1) is 5.52 Å². The Morgan fingerprint density at radius 3 is 2.54 bits per heavy atom. The number of carbonyl (C=O) groups is 2. The van der Waals surface area contributed by atoms with Crippen LogP contribution in [0.5, 0.6) is 0 Å². The van der Waals surface area contributed by atoms with E-state index in [0.29, 0.717) is 17.4 Å². The zero-order chi connectivity index (χ0) is 27.5. The summed E-state index contributed by atoms with van der Waals surface area (Å²) in [6, 6.07) is 19.7. The van der Waals surface area contributed by atoms with E-state index in [4.69, 9.17) is 0 Å². The number of benzene rings is 2. The molecule has 0 aliphatic carbocycles. The number of pyridine rings is 1. The van der Waals surface area contributed by atoms with Gasteiger partial charge in [0.25, 0.3) is 5.91 Å². The topological polar surface area (TPSA) is 85.7 Å². The second-order valence-electron chi connectivity index (χ2n) is 10.2. The van der Waals surface area contributed by atoms with Crippen molar-refractivity contribution in [3.05, 3.63) is 84.2 Å². The lowest BCUT2D eigenvalue weighted by molar-refractivity contribution is 0.0999. The Hall–Kier alpha value is -4.21. The molecule has 1 saturated heterocycles. The van der Waals surface area contributed by atoms with Gasteiger partial charge < -0.3 is 20.4 Å². The van der Waals surface area contributed by atoms with E-state index in [1.54, 1.807) is 24.0 Å². The number of anilines is 3. The molecule has 0 radical (unpaired) electrons. The summed E-state index contributed by atoms with van der Waals surface area (Å²) in [6.45, 7) is 6.31. The number of carbonyl (C=O) groups excluding carboxylic acids is 2. The highest BCUT2D eigenvalue weighted by molar-refractivity contribution is 6.04. The standard InChI is InChI=1S/C30H35N7O2/c1-21-19-36(16-15-34(21)3)20-22-5-7-23(8-6-22)29(38)33-28-18-26(11-13-32-28)35(4)25-9-10-27-24(17-25)12-14-37(27)30(39)31-2/h5-14,17-18,21H,15-16,19-20H2,1-4H3,(H,31,39)(H,32,33,38)/t21-/m1/s1. The van der Waals surface area contributed by atoms with E-state index in [0.717, 1.165) is 48.5 Å². The maximum Gasteiger partial charge on any atom is 0.325 e. The van der Waals surface area contributed by atoms with Crippen LogP contribution < -0.4 is 15.5 Å². The molecule has 1 aliphatic rings. The Balaban J connectivity index is 1.24. The number of hydrogen-bond donors (Lipinski definition) is 2. The number of piperazine rings is 1. The van der Waals surface area contributed by atoms with Crippen LogP contribution in [0.1, 0.15) is 22.8 Å². The first-order valence-corrected chi connectivity index (χ1v) is 13.2. The summed E-state index contributed by atoms with van der Waals surface area (Å²) >= 11 is 0. The summed E-state index contributed by atoms with van der Waals surface area (Å²) in [6.07, 6.45) is 3.44. The Kier molecular flexibility index (Phi) is 7.63. The van der Waals surface area contributed by atoms with E-state index in [2.05, 4.69) is 39.4 Å². The van der Waals surface area contributed by atoms with E-state index in [1.165, 1.54) is 5.56 Å². The minimum Gasteiger partial charge on any atom is -0.344 e. The third-order valence-electron chi connectivity index (χ3n) is 7.53. The summed E-state index contributed by atoms with van der Waals surface area (Å²) in [5.41, 5.74) is 4.45. The van der Waals surface area contributed by atoms with Crippen LogP contribution in [0.25, 0.3) is 10.9 Å². The van der Waals surface area contributed by atoms with Crippen molar-refractivity contribution in [2.45, 2.75) is 19.5 Å². The van der Waals surface area contributed by atoms with Crippen molar-refractivity contribution < 1.29 is 9.59 Å². The molecule has 202 valence electrons. The highest BCUT2D eigenvalue weighted by Gasteiger charge is 2.20. The second kappa shape index (κ2) is 11.3. The van der Waals surface area contributed by atoms with Gasteiger partial charge in [-0.3, -0.25) is 14.3 Å². The first-order valence-electron chi connectivity index (χ1n) is 13.2. The van der Waals surface area contributed by atoms with Gasteiger partial charge >= 0.3 is 6.03 Å². The average Bonchev–Trinajstić information content (AvgIpc) is 3.38. The van der Waals surface area contributed by atoms with Crippen LogP contribution in [-0.2, 0) is 6.54 Å². The van der Waals surface area contributed by atoms with Gasteiger partial charge in [-0.2, -0.15) is 0 Å². The number of hydrogen-bond acceptors (Lipinski definition) is 6. The number of aromatic nitrogens is 2. The van der Waals surface area contributed by atoms with Gasteiger partial charge in [-0.25, -0.2) is 9.78 Å². The van der Waals surface area contributed by atoms with Crippen LogP contribution >= 0.6 is 0 Å². The first-order chi connectivity index (χ1) is 18.8. The average molecular weight is 526 g/mol. The molecule has 9 heteroatoms. The maximum absolute atomic E-state index is 13.0. The molecule has 2 amide bonds. The SMILES string of the molecule is CNC(=O)n1ccc2cc(N(C)c3ccnc(NC(=O)c4ccc(CN5CCN(C)[C@H](C)C5)cc4)c3)ccc21. The van der Waals surface area contributed by atoms with E-state index >= 15 is 0 Å². The maximum atomic E-state index is 13.0. The number of fused-ring (bicyclic) bond motifs is 1. The molecule has 0 unspecified atom stereocenters. The molecule has 0 spiro atoms. The van der Waals surface area contributed by atoms with Gasteiger partial charge in [0.1, 0.15) is 5.82 Å². The van der Waals surface area contributed by atoms with Gasteiger partial charge in [-0.05, 0) is 62.0 Å². The highest BCUT2D eigenvalue weighted by Crippen LogP contribution is 2.28. The highest BCUT2D eigenvalue weighted by atomic mass is 16.2. The summed E-state index contributed by atoms with van der Waals surface area (Å²) in [5, 5.41) is 6.53. The van der Waals surface area contributed by atoms with Crippen LogP contribution in [0, 0.1) is 0 Å². The molecule has 1 aliphatic heterocycles. The number of nitrogens with one attached hydrogen (secondary N) is 2. The van der Waals surface area contributed by atoms with Gasteiger partial charge in [0, 0.05) is 87.1 Å². The van der Waals surface area contributed by atoms with Crippen molar-refractivity contribution in [1.82, 2.24) is 24.7 Å². The Bertz CT molecular complexity index is 1480. The van der Waals surface area contributed by atoms with Crippen molar-refractivity contribution in [2.75, 3.05) is 51.0 Å². The molecule has 5 rings (SSSR count). The molecule has 0 bridgehead atoms. The monoisotopic (exact) mass is 525 g/mol. The summed E-state index contributed by atoms with van der Waals surface area (Å²) in [5.74, 6) is 0.283. The van der Waals surface area contributed by atoms with Crippen molar-refractivity contribution in [2.24, 2.45) is 0 Å². The smallest absolute Gasteiger partial charge is 0.325 e. The number of rotatable bonds is 6. The zero-order valence-electron chi connectivity index (χ0n) is 22.9. The normalized spacial score (nSPS) is 16.3. The fraction of sp³-hybridized carbons (Fsp3) is 0.300. The van der Waals surface area contributed by atoms with Crippen LogP contribution in [0.3, 0.4) is 0 Å². The Labute approximate surface area is 229 Å². The van der Waals surface area contributed by atoms with E-state index in [1.807, 2.05) is 72.6 Å². The number of nitrogens with zero attached hydrogens (tertiary/aromatic N) is 5. The van der Waals surface area contributed by atoms with Gasteiger partial charge in [-0.1, -0.05) is 12.1 Å². The van der Waals surface area contributed by atoms with Gasteiger partial charge in [0.2, 0.25) is 0 Å². The van der Waals surface area contributed by atoms with E-state index in [9.17, 15) is 9.59 Å². The molecule has 9 nitrogen and oxygen atoms in total. The molecule has 0 saturated carbocycles. The predicted octanol–water partition coefficient (Wildman–Crippen LogP) is 4.38. The van der Waals surface area contributed by atoms with Crippen molar-refractivity contribution in [1.29, 1.82) is 0 Å². The second-order valence-corrected chi connectivity index (χ2v) is 10.2. The Morgan fingerprint density at radius 1 is 1.03 bits per heavy atom. The molecule has 2 N–H and O–H groups in total. The lowest BCUT2D eigenvalue weighted by Crippen LogP contribution is -2.49. The molecular formula is C30H35N7O2. The molecule has 2 aromatic heterocycles. The van der Waals surface area contributed by atoms with Crippen molar-refractivity contribution in [3.63, 3.8) is 0 Å². The van der Waals surface area contributed by atoms with Crippen molar-refractivity contribution in [3.8, 4) is 0 Å².